The largest absolute Gasteiger partial charge is 0.337 e. The lowest BCUT2D eigenvalue weighted by molar-refractivity contribution is -0.129. The average molecular weight is 372 g/mol. The minimum absolute atomic E-state index is 0.0282. The zero-order valence-electron chi connectivity index (χ0n) is 13.7. The third-order valence-electron chi connectivity index (χ3n) is 4.38. The highest BCUT2D eigenvalue weighted by molar-refractivity contribution is 6.30. The van der Waals surface area contributed by atoms with Crippen molar-refractivity contribution in [1.29, 1.82) is 0 Å². The summed E-state index contributed by atoms with van der Waals surface area (Å²) in [5.74, 6) is 0.326. The molecular formula is C19H15ClFN3O2. The van der Waals surface area contributed by atoms with Crippen molar-refractivity contribution in [1.82, 2.24) is 15.0 Å². The Hall–Kier alpha value is -2.73. The molecule has 3 aromatic rings. The second-order valence-corrected chi connectivity index (χ2v) is 6.61. The van der Waals surface area contributed by atoms with Gasteiger partial charge >= 0.3 is 0 Å². The van der Waals surface area contributed by atoms with Crippen LogP contribution in [0.3, 0.4) is 0 Å². The first-order valence-electron chi connectivity index (χ1n) is 8.23. The van der Waals surface area contributed by atoms with Crippen LogP contribution in [0.2, 0.25) is 5.02 Å². The Morgan fingerprint density at radius 2 is 2.08 bits per heavy atom. The average Bonchev–Trinajstić information content (AvgIpc) is 3.23. The normalized spacial score (nSPS) is 17.1. The molecule has 0 N–H and O–H groups in total. The van der Waals surface area contributed by atoms with Gasteiger partial charge in [-0.1, -0.05) is 41.0 Å². The highest BCUT2D eigenvalue weighted by Crippen LogP contribution is 2.34. The van der Waals surface area contributed by atoms with Crippen LogP contribution in [-0.2, 0) is 11.3 Å². The van der Waals surface area contributed by atoms with Crippen LogP contribution in [0.1, 0.15) is 30.3 Å². The predicted molar refractivity (Wildman–Crippen MR) is 93.7 cm³/mol. The maximum atomic E-state index is 13.4. The maximum absolute atomic E-state index is 13.4. The van der Waals surface area contributed by atoms with Gasteiger partial charge in [0.1, 0.15) is 11.9 Å². The topological polar surface area (TPSA) is 59.2 Å². The van der Waals surface area contributed by atoms with Crippen LogP contribution in [0.5, 0.6) is 0 Å². The van der Waals surface area contributed by atoms with Crippen molar-refractivity contribution >= 4 is 17.5 Å². The van der Waals surface area contributed by atoms with Crippen molar-refractivity contribution in [2.75, 3.05) is 0 Å². The standard InChI is InChI=1S/C19H15ClFN3O2/c20-14-5-1-3-12(9-14)11-24-16(7-8-17(24)25)19-22-18(23-26-19)13-4-2-6-15(21)10-13/h1-6,9-10,16H,7-8,11H2. The Morgan fingerprint density at radius 3 is 2.88 bits per heavy atom. The summed E-state index contributed by atoms with van der Waals surface area (Å²) in [5.41, 5.74) is 1.47. The SMILES string of the molecule is O=C1CCC(c2nc(-c3cccc(F)c3)no2)N1Cc1cccc(Cl)c1. The maximum Gasteiger partial charge on any atom is 0.249 e. The lowest BCUT2D eigenvalue weighted by Crippen LogP contribution is -2.27. The van der Waals surface area contributed by atoms with Crippen LogP contribution < -0.4 is 0 Å². The molecular weight excluding hydrogens is 357 g/mol. The fourth-order valence-corrected chi connectivity index (χ4v) is 3.35. The third-order valence-corrected chi connectivity index (χ3v) is 4.61. The van der Waals surface area contributed by atoms with Gasteiger partial charge in [0, 0.05) is 23.6 Å². The number of hydrogen-bond donors (Lipinski definition) is 0. The van der Waals surface area contributed by atoms with E-state index in [0.29, 0.717) is 41.7 Å². The predicted octanol–water partition coefficient (Wildman–Crippen LogP) is 4.39. The zero-order valence-corrected chi connectivity index (χ0v) is 14.5. The minimum atomic E-state index is -0.368. The number of likely N-dealkylation sites (tertiary alicyclic amines) is 1. The number of halogens is 2. The molecule has 2 aromatic carbocycles. The first-order valence-corrected chi connectivity index (χ1v) is 8.61. The van der Waals surface area contributed by atoms with Crippen molar-refractivity contribution in [3.05, 3.63) is 70.8 Å². The van der Waals surface area contributed by atoms with E-state index in [1.165, 1.54) is 12.1 Å². The van der Waals surface area contributed by atoms with E-state index in [1.807, 2.05) is 18.2 Å². The third kappa shape index (κ3) is 3.32. The number of benzene rings is 2. The summed E-state index contributed by atoms with van der Waals surface area (Å²) < 4.78 is 18.8. The molecule has 1 unspecified atom stereocenters. The van der Waals surface area contributed by atoms with Gasteiger partial charge in [-0.25, -0.2) is 4.39 Å². The number of rotatable bonds is 4. The Labute approximate surface area is 154 Å². The first-order chi connectivity index (χ1) is 12.6. The van der Waals surface area contributed by atoms with Gasteiger partial charge in [0.05, 0.1) is 0 Å². The van der Waals surface area contributed by atoms with Gasteiger partial charge in [0.2, 0.25) is 17.6 Å². The zero-order chi connectivity index (χ0) is 18.1. The van der Waals surface area contributed by atoms with Gasteiger partial charge in [-0.05, 0) is 36.2 Å². The van der Waals surface area contributed by atoms with E-state index in [-0.39, 0.29) is 17.8 Å². The van der Waals surface area contributed by atoms with Crippen LogP contribution in [0.15, 0.2) is 53.1 Å². The van der Waals surface area contributed by atoms with Gasteiger partial charge in [-0.15, -0.1) is 0 Å². The quantitative estimate of drug-likeness (QED) is 0.682. The molecule has 132 valence electrons. The molecule has 0 aliphatic carbocycles. The van der Waals surface area contributed by atoms with Crippen LogP contribution in [0.25, 0.3) is 11.4 Å². The second kappa shape index (κ2) is 6.88. The van der Waals surface area contributed by atoms with Crippen LogP contribution in [-0.4, -0.2) is 20.9 Å². The van der Waals surface area contributed by atoms with E-state index in [0.717, 1.165) is 5.56 Å². The molecule has 0 spiro atoms. The van der Waals surface area contributed by atoms with Gasteiger partial charge in [0.25, 0.3) is 0 Å². The van der Waals surface area contributed by atoms with E-state index in [1.54, 1.807) is 23.1 Å². The lowest BCUT2D eigenvalue weighted by Gasteiger charge is -2.22. The van der Waals surface area contributed by atoms with Gasteiger partial charge < -0.3 is 9.42 Å². The molecule has 5 nitrogen and oxygen atoms in total. The fraction of sp³-hybridized carbons (Fsp3) is 0.211. The number of amides is 1. The molecule has 1 aliphatic rings. The van der Waals surface area contributed by atoms with Crippen molar-refractivity contribution in [3.63, 3.8) is 0 Å². The molecule has 4 rings (SSSR count). The van der Waals surface area contributed by atoms with E-state index < -0.39 is 0 Å². The summed E-state index contributed by atoms with van der Waals surface area (Å²) in [5, 5.41) is 4.56. The number of hydrogen-bond acceptors (Lipinski definition) is 4. The molecule has 1 saturated heterocycles. The van der Waals surface area contributed by atoms with E-state index in [4.69, 9.17) is 16.1 Å². The summed E-state index contributed by atoms with van der Waals surface area (Å²) in [6.45, 7) is 0.418. The summed E-state index contributed by atoms with van der Waals surface area (Å²) in [7, 11) is 0. The molecule has 1 atom stereocenters. The summed E-state index contributed by atoms with van der Waals surface area (Å²) in [4.78, 5) is 18.4. The first kappa shape index (κ1) is 16.7. The number of aromatic nitrogens is 2. The molecule has 1 aromatic heterocycles. The summed E-state index contributed by atoms with van der Waals surface area (Å²) in [6, 6.07) is 13.1. The molecule has 1 aliphatic heterocycles. The lowest BCUT2D eigenvalue weighted by atomic mass is 10.1. The molecule has 26 heavy (non-hydrogen) atoms. The number of carbonyl (C=O) groups excluding carboxylic acids is 1. The van der Waals surface area contributed by atoms with E-state index >= 15 is 0 Å². The Balaban J connectivity index is 1.59. The van der Waals surface area contributed by atoms with Crippen molar-refractivity contribution in [2.24, 2.45) is 0 Å². The highest BCUT2D eigenvalue weighted by Gasteiger charge is 2.36. The summed E-state index contributed by atoms with van der Waals surface area (Å²) in [6.07, 6.45) is 1.02. The summed E-state index contributed by atoms with van der Waals surface area (Å²) >= 11 is 6.03. The van der Waals surface area contributed by atoms with E-state index in [2.05, 4.69) is 10.1 Å². The highest BCUT2D eigenvalue weighted by atomic mass is 35.5. The molecule has 0 radical (unpaired) electrons. The molecule has 2 heterocycles. The minimum Gasteiger partial charge on any atom is -0.337 e. The Morgan fingerprint density at radius 1 is 1.23 bits per heavy atom. The molecule has 0 bridgehead atoms. The van der Waals surface area contributed by atoms with E-state index in [9.17, 15) is 9.18 Å². The molecule has 7 heteroatoms. The van der Waals surface area contributed by atoms with Crippen LogP contribution in [0.4, 0.5) is 4.39 Å². The molecule has 1 fully saturated rings. The fourth-order valence-electron chi connectivity index (χ4n) is 3.14. The second-order valence-electron chi connectivity index (χ2n) is 6.17. The van der Waals surface area contributed by atoms with Crippen molar-refractivity contribution in [3.8, 4) is 11.4 Å². The monoisotopic (exact) mass is 371 g/mol. The van der Waals surface area contributed by atoms with Gasteiger partial charge in [-0.2, -0.15) is 4.98 Å². The number of nitrogens with zero attached hydrogens (tertiary/aromatic N) is 3. The smallest absolute Gasteiger partial charge is 0.249 e. The van der Waals surface area contributed by atoms with Gasteiger partial charge in [0.15, 0.2) is 0 Å². The van der Waals surface area contributed by atoms with Gasteiger partial charge in [-0.3, -0.25) is 4.79 Å². The van der Waals surface area contributed by atoms with Crippen LogP contribution in [0, 0.1) is 5.82 Å². The van der Waals surface area contributed by atoms with Crippen molar-refractivity contribution in [2.45, 2.75) is 25.4 Å². The van der Waals surface area contributed by atoms with Crippen LogP contribution >= 0.6 is 11.6 Å². The number of carbonyl (C=O) groups is 1. The molecule has 0 saturated carbocycles. The Kier molecular flexibility index (Phi) is 4.42. The van der Waals surface area contributed by atoms with Crippen molar-refractivity contribution < 1.29 is 13.7 Å². The Bertz CT molecular complexity index is 959. The molecule has 1 amide bonds.